The minimum atomic E-state index is -0.677. The lowest BCUT2D eigenvalue weighted by atomic mass is 10.1. The van der Waals surface area contributed by atoms with Crippen LogP contribution in [0.3, 0.4) is 0 Å². The molecule has 0 amide bonds. The van der Waals surface area contributed by atoms with Crippen molar-refractivity contribution in [1.29, 1.82) is 0 Å². The predicted molar refractivity (Wildman–Crippen MR) is 103 cm³/mol. The number of methoxy groups -OCH3 is 1. The number of anilines is 1. The van der Waals surface area contributed by atoms with E-state index in [0.29, 0.717) is 30.1 Å². The van der Waals surface area contributed by atoms with Crippen LogP contribution in [0, 0.1) is 0 Å². The van der Waals surface area contributed by atoms with Crippen molar-refractivity contribution in [2.75, 3.05) is 19.0 Å². The van der Waals surface area contributed by atoms with Crippen LogP contribution in [-0.2, 0) is 6.54 Å². The van der Waals surface area contributed by atoms with E-state index in [2.05, 4.69) is 10.6 Å². The zero-order chi connectivity index (χ0) is 19.3. The molecule has 2 aromatic rings. The van der Waals surface area contributed by atoms with Crippen LogP contribution in [0.15, 0.2) is 36.4 Å². The Hall–Kier alpha value is -2.44. The third-order valence-electron chi connectivity index (χ3n) is 3.96. The Bertz CT molecular complexity index is 741. The molecule has 1 atom stereocenters. The van der Waals surface area contributed by atoms with Gasteiger partial charge in [0.15, 0.2) is 11.5 Å². The molecular weight excluding hydrogens is 332 g/mol. The number of ether oxygens (including phenoxy) is 1. The number of aromatic hydroxyl groups is 2. The van der Waals surface area contributed by atoms with Crippen LogP contribution < -0.4 is 15.4 Å². The molecule has 0 heterocycles. The van der Waals surface area contributed by atoms with Gasteiger partial charge in [-0.3, -0.25) is 0 Å². The third kappa shape index (κ3) is 5.54. The topological polar surface area (TPSA) is 94.0 Å². The summed E-state index contributed by atoms with van der Waals surface area (Å²) >= 11 is 0. The zero-order valence-corrected chi connectivity index (χ0v) is 15.7. The van der Waals surface area contributed by atoms with E-state index in [4.69, 9.17) is 4.74 Å². The summed E-state index contributed by atoms with van der Waals surface area (Å²) in [6.07, 6.45) is -0.677. The molecule has 0 saturated carbocycles. The van der Waals surface area contributed by atoms with Gasteiger partial charge >= 0.3 is 0 Å². The first-order valence-corrected chi connectivity index (χ1v) is 8.55. The Morgan fingerprint density at radius 1 is 1.04 bits per heavy atom. The number of phenols is 2. The molecule has 6 heteroatoms. The highest BCUT2D eigenvalue weighted by molar-refractivity contribution is 5.58. The molecule has 5 N–H and O–H groups in total. The van der Waals surface area contributed by atoms with Crippen molar-refractivity contribution in [3.05, 3.63) is 47.5 Å². The van der Waals surface area contributed by atoms with Crippen LogP contribution in [-0.4, -0.2) is 34.5 Å². The minimum Gasteiger partial charge on any atom is -0.506 e. The molecule has 0 aliphatic heterocycles. The largest absolute Gasteiger partial charge is 0.506 e. The summed E-state index contributed by atoms with van der Waals surface area (Å²) in [7, 11) is 1.49. The maximum Gasteiger partial charge on any atom is 0.160 e. The molecule has 0 aromatic heterocycles. The van der Waals surface area contributed by atoms with E-state index in [-0.39, 0.29) is 17.0 Å². The highest BCUT2D eigenvalue weighted by atomic mass is 16.5. The lowest BCUT2D eigenvalue weighted by molar-refractivity contribution is 0.163. The van der Waals surface area contributed by atoms with E-state index in [1.165, 1.54) is 7.11 Å². The molecular formula is C20H28N2O4. The van der Waals surface area contributed by atoms with Crippen molar-refractivity contribution < 1.29 is 20.1 Å². The predicted octanol–water partition coefficient (Wildman–Crippen LogP) is 3.14. The molecule has 0 aliphatic carbocycles. The van der Waals surface area contributed by atoms with Crippen molar-refractivity contribution in [1.82, 2.24) is 5.32 Å². The molecule has 0 bridgehead atoms. The quantitative estimate of drug-likeness (QED) is 0.487. The fraction of sp³-hybridized carbons (Fsp3) is 0.400. The van der Waals surface area contributed by atoms with Gasteiger partial charge < -0.3 is 30.7 Å². The van der Waals surface area contributed by atoms with E-state index in [1.807, 2.05) is 20.8 Å². The summed E-state index contributed by atoms with van der Waals surface area (Å²) in [6, 6.07) is 10.1. The number of aliphatic hydroxyl groups is 1. The highest BCUT2D eigenvalue weighted by Gasteiger charge is 2.15. The number of benzene rings is 2. The number of phenolic OH excluding ortho intramolecular Hbond substituents is 2. The maximum atomic E-state index is 10.4. The lowest BCUT2D eigenvalue weighted by Crippen LogP contribution is -2.38. The van der Waals surface area contributed by atoms with E-state index >= 15 is 0 Å². The third-order valence-corrected chi connectivity index (χ3v) is 3.96. The number of nitrogens with one attached hydrogen (secondary N) is 2. The van der Waals surface area contributed by atoms with Crippen LogP contribution in [0.2, 0.25) is 0 Å². The molecule has 0 fully saturated rings. The summed E-state index contributed by atoms with van der Waals surface area (Å²) in [5.74, 6) is 0.581. The van der Waals surface area contributed by atoms with Crippen LogP contribution >= 0.6 is 0 Å². The molecule has 0 radical (unpaired) electrons. The van der Waals surface area contributed by atoms with Crippen LogP contribution in [0.1, 0.15) is 38.0 Å². The average Bonchev–Trinajstić information content (AvgIpc) is 2.59. The Balaban J connectivity index is 2.07. The second-order valence-corrected chi connectivity index (χ2v) is 7.28. The van der Waals surface area contributed by atoms with E-state index in [1.54, 1.807) is 36.4 Å². The Morgan fingerprint density at radius 3 is 2.38 bits per heavy atom. The minimum absolute atomic E-state index is 0.0792. The number of rotatable bonds is 7. The number of hydrogen-bond donors (Lipinski definition) is 5. The van der Waals surface area contributed by atoms with Gasteiger partial charge in [-0.15, -0.1) is 0 Å². The van der Waals surface area contributed by atoms with Gasteiger partial charge in [-0.25, -0.2) is 0 Å². The molecule has 2 rings (SSSR count). The first-order chi connectivity index (χ1) is 12.2. The van der Waals surface area contributed by atoms with Crippen molar-refractivity contribution in [2.45, 2.75) is 39.0 Å². The molecule has 2 aromatic carbocycles. The van der Waals surface area contributed by atoms with Crippen molar-refractivity contribution in [3.8, 4) is 17.2 Å². The van der Waals surface area contributed by atoms with Gasteiger partial charge in [-0.1, -0.05) is 12.1 Å². The summed E-state index contributed by atoms with van der Waals surface area (Å²) in [4.78, 5) is 0. The molecule has 0 spiro atoms. The zero-order valence-electron chi connectivity index (χ0n) is 15.7. The van der Waals surface area contributed by atoms with Crippen LogP contribution in [0.25, 0.3) is 0 Å². The Morgan fingerprint density at radius 2 is 1.73 bits per heavy atom. The maximum absolute atomic E-state index is 10.4. The average molecular weight is 360 g/mol. The van der Waals surface area contributed by atoms with Gasteiger partial charge in [0.05, 0.1) is 18.9 Å². The number of hydrogen-bond acceptors (Lipinski definition) is 6. The smallest absolute Gasteiger partial charge is 0.160 e. The fourth-order valence-electron chi connectivity index (χ4n) is 2.45. The van der Waals surface area contributed by atoms with Gasteiger partial charge in [0.2, 0.25) is 0 Å². The van der Waals surface area contributed by atoms with E-state index in [0.717, 1.165) is 5.56 Å². The number of β-amino-alcohol motifs (C(OH)–C–C–N with tert-alkyl or cyclic N) is 1. The first-order valence-electron chi connectivity index (χ1n) is 8.55. The summed E-state index contributed by atoms with van der Waals surface area (Å²) in [5, 5.41) is 36.5. The molecule has 142 valence electrons. The summed E-state index contributed by atoms with van der Waals surface area (Å²) in [5.41, 5.74) is 2.05. The Kier molecular flexibility index (Phi) is 6.34. The molecule has 0 aliphatic rings. The molecule has 26 heavy (non-hydrogen) atoms. The van der Waals surface area contributed by atoms with Crippen molar-refractivity contribution in [3.63, 3.8) is 0 Å². The highest BCUT2D eigenvalue weighted by Crippen LogP contribution is 2.29. The lowest BCUT2D eigenvalue weighted by Gasteiger charge is -2.23. The normalized spacial score (nSPS) is 12.7. The second kappa shape index (κ2) is 8.29. The summed E-state index contributed by atoms with van der Waals surface area (Å²) < 4.78 is 5.10. The van der Waals surface area contributed by atoms with Crippen molar-refractivity contribution >= 4 is 5.69 Å². The van der Waals surface area contributed by atoms with E-state index in [9.17, 15) is 15.3 Å². The molecule has 0 saturated heterocycles. The van der Waals surface area contributed by atoms with E-state index < -0.39 is 6.10 Å². The SMILES string of the molecule is COc1cc(CNc2cc(C(O)CNC(C)(C)C)ccc2O)ccc1O. The van der Waals surface area contributed by atoms with Gasteiger partial charge in [-0.2, -0.15) is 0 Å². The van der Waals surface area contributed by atoms with Gasteiger partial charge in [0, 0.05) is 18.6 Å². The van der Waals surface area contributed by atoms with Gasteiger partial charge in [0.1, 0.15) is 5.75 Å². The fourth-order valence-corrected chi connectivity index (χ4v) is 2.45. The molecule has 6 nitrogen and oxygen atoms in total. The van der Waals surface area contributed by atoms with Crippen molar-refractivity contribution in [2.24, 2.45) is 0 Å². The summed E-state index contributed by atoms with van der Waals surface area (Å²) in [6.45, 7) is 6.97. The monoisotopic (exact) mass is 360 g/mol. The van der Waals surface area contributed by atoms with Gasteiger partial charge in [-0.05, 0) is 56.2 Å². The van der Waals surface area contributed by atoms with Crippen LogP contribution in [0.4, 0.5) is 5.69 Å². The van der Waals surface area contributed by atoms with Crippen LogP contribution in [0.5, 0.6) is 17.2 Å². The standard InChI is InChI=1S/C20H28N2O4/c1-20(2,3)22-12-18(25)14-6-8-16(23)15(10-14)21-11-13-5-7-17(24)19(9-13)26-4/h5-10,18,21-25H,11-12H2,1-4H3. The van der Waals surface area contributed by atoms with Gasteiger partial charge in [0.25, 0.3) is 0 Å². The first kappa shape index (κ1) is 19.9. The number of aliphatic hydroxyl groups excluding tert-OH is 1. The molecule has 1 unspecified atom stereocenters. The second-order valence-electron chi connectivity index (χ2n) is 7.28. The Labute approximate surface area is 154 Å².